The van der Waals surface area contributed by atoms with E-state index in [0.717, 1.165) is 31.4 Å². The van der Waals surface area contributed by atoms with Crippen LogP contribution in [0.5, 0.6) is 0 Å². The van der Waals surface area contributed by atoms with Crippen molar-refractivity contribution in [1.29, 1.82) is 0 Å². The predicted molar refractivity (Wildman–Crippen MR) is 76.8 cm³/mol. The Morgan fingerprint density at radius 2 is 2.06 bits per heavy atom. The van der Waals surface area contributed by atoms with E-state index >= 15 is 0 Å². The highest BCUT2D eigenvalue weighted by Crippen LogP contribution is 2.30. The lowest BCUT2D eigenvalue weighted by Gasteiger charge is -2.33. The number of thiazole rings is 1. The molecule has 1 aliphatic rings. The summed E-state index contributed by atoms with van der Waals surface area (Å²) in [7, 11) is 0. The summed E-state index contributed by atoms with van der Waals surface area (Å²) in [5.74, 6) is 0. The van der Waals surface area contributed by atoms with Gasteiger partial charge in [0.15, 0.2) is 0 Å². The summed E-state index contributed by atoms with van der Waals surface area (Å²) in [6, 6.07) is 9.17. The lowest BCUT2D eigenvalue weighted by Crippen LogP contribution is -2.40. The fourth-order valence-electron chi connectivity index (χ4n) is 2.53. The topological polar surface area (TPSA) is 42.2 Å². The van der Waals surface area contributed by atoms with Crippen molar-refractivity contribution in [3.63, 3.8) is 0 Å². The number of para-hydroxylation sites is 1. The number of hydrogen-bond donors (Lipinski definition) is 1. The molecule has 3 rings (SSSR count). The SMILES string of the molecule is CC(c1nc2ccccc2s1)N1CCC(N)CC1. The van der Waals surface area contributed by atoms with Crippen molar-refractivity contribution in [2.75, 3.05) is 13.1 Å². The van der Waals surface area contributed by atoms with Crippen LogP contribution >= 0.6 is 11.3 Å². The van der Waals surface area contributed by atoms with E-state index in [1.807, 2.05) is 11.3 Å². The second-order valence-electron chi connectivity index (χ2n) is 5.07. The van der Waals surface area contributed by atoms with Crippen molar-refractivity contribution in [3.8, 4) is 0 Å². The number of piperidine rings is 1. The van der Waals surface area contributed by atoms with Crippen LogP contribution < -0.4 is 5.73 Å². The Morgan fingerprint density at radius 1 is 1.33 bits per heavy atom. The maximum Gasteiger partial charge on any atom is 0.111 e. The van der Waals surface area contributed by atoms with E-state index in [2.05, 4.69) is 36.1 Å². The number of nitrogens with two attached hydrogens (primary N) is 1. The third kappa shape index (κ3) is 2.28. The lowest BCUT2D eigenvalue weighted by atomic mass is 10.0. The molecule has 1 saturated heterocycles. The molecule has 2 aromatic rings. The van der Waals surface area contributed by atoms with Gasteiger partial charge < -0.3 is 5.73 Å². The van der Waals surface area contributed by atoms with Crippen LogP contribution in [0.4, 0.5) is 0 Å². The molecule has 4 heteroatoms. The second kappa shape index (κ2) is 4.96. The predicted octanol–water partition coefficient (Wildman–Crippen LogP) is 2.78. The van der Waals surface area contributed by atoms with Crippen LogP contribution in [0.15, 0.2) is 24.3 Å². The average molecular weight is 261 g/mol. The normalized spacial score (nSPS) is 20.3. The van der Waals surface area contributed by atoms with Crippen molar-refractivity contribution in [2.24, 2.45) is 5.73 Å². The lowest BCUT2D eigenvalue weighted by molar-refractivity contribution is 0.163. The van der Waals surface area contributed by atoms with Crippen LogP contribution in [-0.4, -0.2) is 29.0 Å². The molecule has 0 bridgehead atoms. The van der Waals surface area contributed by atoms with Crippen LogP contribution in [0, 0.1) is 0 Å². The van der Waals surface area contributed by atoms with Gasteiger partial charge in [-0.2, -0.15) is 0 Å². The largest absolute Gasteiger partial charge is 0.328 e. The van der Waals surface area contributed by atoms with Gasteiger partial charge >= 0.3 is 0 Å². The standard InChI is InChI=1S/C14H19N3S/c1-10(17-8-6-11(15)7-9-17)14-16-12-4-2-3-5-13(12)18-14/h2-5,10-11H,6-9,15H2,1H3. The van der Waals surface area contributed by atoms with Gasteiger partial charge in [0.1, 0.15) is 5.01 Å². The van der Waals surface area contributed by atoms with Gasteiger partial charge in [-0.05, 0) is 31.9 Å². The van der Waals surface area contributed by atoms with E-state index in [4.69, 9.17) is 10.7 Å². The molecule has 0 spiro atoms. The van der Waals surface area contributed by atoms with E-state index in [9.17, 15) is 0 Å². The Kier molecular flexibility index (Phi) is 3.33. The highest BCUT2D eigenvalue weighted by atomic mass is 32.1. The highest BCUT2D eigenvalue weighted by molar-refractivity contribution is 7.18. The molecule has 1 unspecified atom stereocenters. The molecule has 0 radical (unpaired) electrons. The summed E-state index contributed by atoms with van der Waals surface area (Å²) in [6.45, 7) is 4.45. The van der Waals surface area contributed by atoms with E-state index < -0.39 is 0 Å². The minimum absolute atomic E-state index is 0.392. The zero-order chi connectivity index (χ0) is 12.5. The molecule has 96 valence electrons. The molecule has 1 fully saturated rings. The number of aromatic nitrogens is 1. The van der Waals surface area contributed by atoms with E-state index in [1.165, 1.54) is 9.71 Å². The van der Waals surface area contributed by atoms with Gasteiger partial charge in [0.25, 0.3) is 0 Å². The van der Waals surface area contributed by atoms with Crippen molar-refractivity contribution in [2.45, 2.75) is 31.8 Å². The molecule has 0 amide bonds. The third-order valence-electron chi connectivity index (χ3n) is 3.79. The Morgan fingerprint density at radius 3 is 2.78 bits per heavy atom. The molecule has 1 aliphatic heterocycles. The number of rotatable bonds is 2. The van der Waals surface area contributed by atoms with Crippen molar-refractivity contribution >= 4 is 21.6 Å². The monoisotopic (exact) mass is 261 g/mol. The second-order valence-corrected chi connectivity index (χ2v) is 6.13. The van der Waals surface area contributed by atoms with Gasteiger partial charge in [-0.3, -0.25) is 4.90 Å². The minimum Gasteiger partial charge on any atom is -0.328 e. The van der Waals surface area contributed by atoms with E-state index in [-0.39, 0.29) is 0 Å². The Bertz CT molecular complexity index is 496. The number of benzene rings is 1. The number of hydrogen-bond acceptors (Lipinski definition) is 4. The first-order chi connectivity index (χ1) is 8.74. The summed E-state index contributed by atoms with van der Waals surface area (Å²) >= 11 is 1.82. The fourth-order valence-corrected chi connectivity index (χ4v) is 3.59. The number of fused-ring (bicyclic) bond motifs is 1. The van der Waals surface area contributed by atoms with Crippen LogP contribution in [0.3, 0.4) is 0 Å². The highest BCUT2D eigenvalue weighted by Gasteiger charge is 2.23. The Labute approximate surface area is 112 Å². The smallest absolute Gasteiger partial charge is 0.111 e. The van der Waals surface area contributed by atoms with Crippen LogP contribution in [0.1, 0.15) is 30.8 Å². The molecule has 0 aliphatic carbocycles. The number of nitrogens with zero attached hydrogens (tertiary/aromatic N) is 2. The Hall–Kier alpha value is -0.970. The third-order valence-corrected chi connectivity index (χ3v) is 5.00. The molecule has 1 aromatic carbocycles. The molecule has 3 nitrogen and oxygen atoms in total. The molecule has 18 heavy (non-hydrogen) atoms. The van der Waals surface area contributed by atoms with E-state index in [1.54, 1.807) is 0 Å². The molecular weight excluding hydrogens is 242 g/mol. The van der Waals surface area contributed by atoms with Crippen molar-refractivity contribution < 1.29 is 0 Å². The van der Waals surface area contributed by atoms with Crippen molar-refractivity contribution in [3.05, 3.63) is 29.3 Å². The van der Waals surface area contributed by atoms with Gasteiger partial charge in [-0.15, -0.1) is 11.3 Å². The first-order valence-electron chi connectivity index (χ1n) is 6.59. The van der Waals surface area contributed by atoms with E-state index in [0.29, 0.717) is 12.1 Å². The summed E-state index contributed by atoms with van der Waals surface area (Å²) in [5, 5.41) is 1.23. The van der Waals surface area contributed by atoms with Gasteiger partial charge in [0, 0.05) is 19.1 Å². The molecule has 1 atom stereocenters. The summed E-state index contributed by atoms with van der Waals surface area (Å²) in [5.41, 5.74) is 7.08. The van der Waals surface area contributed by atoms with Crippen LogP contribution in [0.2, 0.25) is 0 Å². The maximum atomic E-state index is 5.96. The first kappa shape index (κ1) is 12.1. The fraction of sp³-hybridized carbons (Fsp3) is 0.500. The number of likely N-dealkylation sites (tertiary alicyclic amines) is 1. The molecular formula is C14H19N3S. The van der Waals surface area contributed by atoms with Gasteiger partial charge in [0.2, 0.25) is 0 Å². The van der Waals surface area contributed by atoms with Crippen LogP contribution in [-0.2, 0) is 0 Å². The van der Waals surface area contributed by atoms with Gasteiger partial charge in [-0.25, -0.2) is 4.98 Å². The molecule has 2 heterocycles. The molecule has 0 saturated carbocycles. The van der Waals surface area contributed by atoms with Crippen LogP contribution in [0.25, 0.3) is 10.2 Å². The molecule has 1 aromatic heterocycles. The van der Waals surface area contributed by atoms with Gasteiger partial charge in [0.05, 0.1) is 16.3 Å². The van der Waals surface area contributed by atoms with Gasteiger partial charge in [-0.1, -0.05) is 12.1 Å². The minimum atomic E-state index is 0.392. The summed E-state index contributed by atoms with van der Waals surface area (Å²) in [4.78, 5) is 7.25. The first-order valence-corrected chi connectivity index (χ1v) is 7.41. The summed E-state index contributed by atoms with van der Waals surface area (Å²) in [6.07, 6.45) is 2.21. The summed E-state index contributed by atoms with van der Waals surface area (Å²) < 4.78 is 1.29. The zero-order valence-electron chi connectivity index (χ0n) is 10.7. The average Bonchev–Trinajstić information content (AvgIpc) is 2.82. The maximum absolute atomic E-state index is 5.96. The van der Waals surface area contributed by atoms with Crippen molar-refractivity contribution in [1.82, 2.24) is 9.88 Å². The molecule has 2 N–H and O–H groups in total. The quantitative estimate of drug-likeness (QED) is 0.904. The zero-order valence-corrected chi connectivity index (χ0v) is 11.5. The Balaban J connectivity index is 1.81.